The van der Waals surface area contributed by atoms with Crippen LogP contribution in [0.25, 0.3) is 0 Å². The Bertz CT molecular complexity index is 428. The standard InChI is InChI=1S/C18H24Si/c1-19(2,15-13-17-9-5-3-6-10-17)16-14-18-11-7-4-8-12-18/h3-12H,13-16H2,1-2H3. The number of hydrogen-bond acceptors (Lipinski definition) is 0. The van der Waals surface area contributed by atoms with Crippen LogP contribution in [0.1, 0.15) is 11.1 Å². The van der Waals surface area contributed by atoms with Gasteiger partial charge in [-0.15, -0.1) is 0 Å². The summed E-state index contributed by atoms with van der Waals surface area (Å²) in [5.41, 5.74) is 2.98. The zero-order valence-electron chi connectivity index (χ0n) is 12.1. The summed E-state index contributed by atoms with van der Waals surface area (Å²) in [6.45, 7) is 5.05. The summed E-state index contributed by atoms with van der Waals surface area (Å²) in [5, 5.41) is 0. The Morgan fingerprint density at radius 1 is 0.632 bits per heavy atom. The first-order valence-electron chi connectivity index (χ1n) is 7.24. The summed E-state index contributed by atoms with van der Waals surface area (Å²) in [4.78, 5) is 0. The van der Waals surface area contributed by atoms with Crippen molar-refractivity contribution in [2.75, 3.05) is 0 Å². The first kappa shape index (κ1) is 14.1. The smallest absolute Gasteiger partial charge is 0.0480 e. The van der Waals surface area contributed by atoms with Gasteiger partial charge >= 0.3 is 0 Å². The molecule has 100 valence electrons. The minimum absolute atomic E-state index is 1.07. The maximum atomic E-state index is 2.53. The second kappa shape index (κ2) is 6.72. The molecule has 0 aliphatic rings. The number of aryl methyl sites for hydroxylation is 2. The van der Waals surface area contributed by atoms with Crippen molar-refractivity contribution in [3.05, 3.63) is 71.8 Å². The van der Waals surface area contributed by atoms with Crippen LogP contribution < -0.4 is 0 Å². The molecule has 0 unspecified atom stereocenters. The lowest BCUT2D eigenvalue weighted by atomic mass is 10.2. The van der Waals surface area contributed by atoms with Crippen LogP contribution in [-0.2, 0) is 12.8 Å². The summed E-state index contributed by atoms with van der Waals surface area (Å²) in [6.07, 6.45) is 2.49. The van der Waals surface area contributed by atoms with Crippen molar-refractivity contribution in [1.29, 1.82) is 0 Å². The van der Waals surface area contributed by atoms with E-state index in [1.54, 1.807) is 0 Å². The molecule has 2 aromatic rings. The molecule has 2 aromatic carbocycles. The second-order valence-corrected chi connectivity index (χ2v) is 11.5. The normalized spacial score (nSPS) is 11.5. The second-order valence-electron chi connectivity index (χ2n) is 6.14. The lowest BCUT2D eigenvalue weighted by Gasteiger charge is -2.22. The fourth-order valence-electron chi connectivity index (χ4n) is 2.38. The zero-order valence-corrected chi connectivity index (χ0v) is 13.1. The van der Waals surface area contributed by atoms with E-state index in [2.05, 4.69) is 73.8 Å². The molecule has 0 aliphatic carbocycles. The van der Waals surface area contributed by atoms with Crippen LogP contribution in [0.5, 0.6) is 0 Å². The van der Waals surface area contributed by atoms with Crippen molar-refractivity contribution in [2.45, 2.75) is 38.0 Å². The number of rotatable bonds is 6. The van der Waals surface area contributed by atoms with Crippen molar-refractivity contribution in [1.82, 2.24) is 0 Å². The van der Waals surface area contributed by atoms with Gasteiger partial charge in [0.2, 0.25) is 0 Å². The third-order valence-corrected chi connectivity index (χ3v) is 7.07. The molecule has 2 rings (SSSR count). The molecule has 0 aromatic heterocycles. The number of benzene rings is 2. The van der Waals surface area contributed by atoms with E-state index in [0.717, 1.165) is 0 Å². The van der Waals surface area contributed by atoms with Gasteiger partial charge in [-0.25, -0.2) is 0 Å². The van der Waals surface area contributed by atoms with Gasteiger partial charge in [-0.2, -0.15) is 0 Å². The van der Waals surface area contributed by atoms with E-state index in [1.165, 1.54) is 36.1 Å². The van der Waals surface area contributed by atoms with Crippen LogP contribution in [0.15, 0.2) is 60.7 Å². The van der Waals surface area contributed by atoms with Gasteiger partial charge in [0.1, 0.15) is 0 Å². The predicted octanol–water partition coefficient (Wildman–Crippen LogP) is 5.18. The molecule has 0 fully saturated rings. The summed E-state index contributed by atoms with van der Waals surface area (Å²) in [7, 11) is -1.07. The third kappa shape index (κ3) is 5.04. The van der Waals surface area contributed by atoms with Gasteiger partial charge in [0.15, 0.2) is 0 Å². The maximum absolute atomic E-state index is 2.53. The molecule has 0 saturated heterocycles. The molecule has 0 aliphatic heterocycles. The largest absolute Gasteiger partial charge is 0.0693 e. The first-order valence-corrected chi connectivity index (χ1v) is 10.6. The van der Waals surface area contributed by atoms with Gasteiger partial charge in [-0.05, 0) is 24.0 Å². The van der Waals surface area contributed by atoms with E-state index in [-0.39, 0.29) is 0 Å². The summed E-state index contributed by atoms with van der Waals surface area (Å²) in [5.74, 6) is 0. The number of hydrogen-bond donors (Lipinski definition) is 0. The minimum Gasteiger partial charge on any atom is -0.0693 e. The summed E-state index contributed by atoms with van der Waals surface area (Å²) < 4.78 is 0. The first-order chi connectivity index (χ1) is 9.16. The molecular weight excluding hydrogens is 244 g/mol. The van der Waals surface area contributed by atoms with Gasteiger partial charge in [0.25, 0.3) is 0 Å². The third-order valence-electron chi connectivity index (χ3n) is 3.87. The predicted molar refractivity (Wildman–Crippen MR) is 87.4 cm³/mol. The van der Waals surface area contributed by atoms with Crippen molar-refractivity contribution >= 4 is 8.07 Å². The van der Waals surface area contributed by atoms with Gasteiger partial charge in [0, 0.05) is 8.07 Å². The summed E-state index contributed by atoms with van der Waals surface area (Å²) >= 11 is 0. The van der Waals surface area contributed by atoms with Crippen molar-refractivity contribution in [3.63, 3.8) is 0 Å². The topological polar surface area (TPSA) is 0 Å². The minimum atomic E-state index is -1.07. The Labute approximate surface area is 118 Å². The average Bonchev–Trinajstić information content (AvgIpc) is 2.46. The molecular formula is C18H24Si. The van der Waals surface area contributed by atoms with Crippen molar-refractivity contribution in [3.8, 4) is 0 Å². The van der Waals surface area contributed by atoms with Crippen LogP contribution in [0.3, 0.4) is 0 Å². The van der Waals surface area contributed by atoms with Crippen LogP contribution in [0.2, 0.25) is 25.2 Å². The highest BCUT2D eigenvalue weighted by Gasteiger charge is 2.19. The molecule has 1 heteroatoms. The lowest BCUT2D eigenvalue weighted by Crippen LogP contribution is -2.26. The Hall–Kier alpha value is -1.34. The fraction of sp³-hybridized carbons (Fsp3) is 0.333. The Morgan fingerprint density at radius 2 is 1.00 bits per heavy atom. The van der Waals surface area contributed by atoms with Crippen LogP contribution in [-0.4, -0.2) is 8.07 Å². The van der Waals surface area contributed by atoms with Gasteiger partial charge in [-0.1, -0.05) is 85.8 Å². The monoisotopic (exact) mass is 268 g/mol. The highest BCUT2D eigenvalue weighted by molar-refractivity contribution is 6.77. The molecule has 0 bridgehead atoms. The Balaban J connectivity index is 1.82. The highest BCUT2D eigenvalue weighted by Crippen LogP contribution is 2.21. The van der Waals surface area contributed by atoms with Gasteiger partial charge in [0.05, 0.1) is 0 Å². The lowest BCUT2D eigenvalue weighted by molar-refractivity contribution is 1.03. The van der Waals surface area contributed by atoms with E-state index in [0.29, 0.717) is 0 Å². The molecule has 0 spiro atoms. The Morgan fingerprint density at radius 3 is 1.37 bits per heavy atom. The molecule has 0 heterocycles. The van der Waals surface area contributed by atoms with E-state index in [4.69, 9.17) is 0 Å². The Kier molecular flexibility index (Phi) is 4.98. The molecule has 0 amide bonds. The van der Waals surface area contributed by atoms with Crippen LogP contribution in [0.4, 0.5) is 0 Å². The van der Waals surface area contributed by atoms with Gasteiger partial charge in [-0.3, -0.25) is 0 Å². The summed E-state index contributed by atoms with van der Waals surface area (Å²) in [6, 6.07) is 24.6. The zero-order chi connectivity index (χ0) is 13.6. The highest BCUT2D eigenvalue weighted by atomic mass is 28.3. The molecule has 19 heavy (non-hydrogen) atoms. The van der Waals surface area contributed by atoms with E-state index < -0.39 is 8.07 Å². The van der Waals surface area contributed by atoms with Crippen LogP contribution in [0, 0.1) is 0 Å². The van der Waals surface area contributed by atoms with E-state index in [1.807, 2.05) is 0 Å². The SMILES string of the molecule is C[Si](C)(CCc1ccccc1)CCc1ccccc1. The van der Waals surface area contributed by atoms with Crippen molar-refractivity contribution in [2.24, 2.45) is 0 Å². The molecule has 0 radical (unpaired) electrons. The van der Waals surface area contributed by atoms with Gasteiger partial charge < -0.3 is 0 Å². The molecule has 0 atom stereocenters. The van der Waals surface area contributed by atoms with Crippen LogP contribution >= 0.6 is 0 Å². The molecule has 0 N–H and O–H groups in total. The van der Waals surface area contributed by atoms with E-state index >= 15 is 0 Å². The maximum Gasteiger partial charge on any atom is 0.0480 e. The molecule has 0 saturated carbocycles. The average molecular weight is 268 g/mol. The van der Waals surface area contributed by atoms with E-state index in [9.17, 15) is 0 Å². The van der Waals surface area contributed by atoms with Crippen molar-refractivity contribution < 1.29 is 0 Å². The quantitative estimate of drug-likeness (QED) is 0.633. The molecule has 0 nitrogen and oxygen atoms in total. The fourth-order valence-corrected chi connectivity index (χ4v) is 4.56.